The van der Waals surface area contributed by atoms with Gasteiger partial charge in [-0.2, -0.15) is 0 Å². The molecule has 0 saturated carbocycles. The number of nitrogens with one attached hydrogen (secondary N) is 1. The van der Waals surface area contributed by atoms with Gasteiger partial charge >= 0.3 is 0 Å². The minimum absolute atomic E-state index is 0. The highest BCUT2D eigenvalue weighted by Gasteiger charge is 2.10. The van der Waals surface area contributed by atoms with E-state index in [2.05, 4.69) is 27.3 Å². The van der Waals surface area contributed by atoms with Crippen LogP contribution >= 0.6 is 28.3 Å². The molecule has 6 heteroatoms. The molecule has 20 heavy (non-hydrogen) atoms. The van der Waals surface area contributed by atoms with E-state index < -0.39 is 0 Å². The lowest BCUT2D eigenvalue weighted by Crippen LogP contribution is -2.16. The van der Waals surface area contributed by atoms with E-state index in [1.807, 2.05) is 13.0 Å². The highest BCUT2D eigenvalue weighted by atomic mass is 79.9. The third kappa shape index (κ3) is 6.31. The molecule has 0 fully saturated rings. The minimum atomic E-state index is 0. The van der Waals surface area contributed by atoms with Gasteiger partial charge in [0.15, 0.2) is 11.5 Å². The molecule has 0 aliphatic rings. The Hall–Kier alpha value is -0.490. The predicted molar refractivity (Wildman–Crippen MR) is 87.3 cm³/mol. The first kappa shape index (κ1) is 19.5. The van der Waals surface area contributed by atoms with Crippen molar-refractivity contribution >= 4 is 28.3 Å². The largest absolute Gasteiger partial charge is 0.493 e. The number of benzene rings is 1. The van der Waals surface area contributed by atoms with Gasteiger partial charge in [-0.3, -0.25) is 0 Å². The van der Waals surface area contributed by atoms with Crippen LogP contribution in [0.3, 0.4) is 0 Å². The summed E-state index contributed by atoms with van der Waals surface area (Å²) in [5.74, 6) is 1.51. The van der Waals surface area contributed by atoms with Gasteiger partial charge in [-0.05, 0) is 53.5 Å². The topological polar surface area (TPSA) is 39.7 Å². The molecule has 4 nitrogen and oxygen atoms in total. The Morgan fingerprint density at radius 3 is 2.60 bits per heavy atom. The molecule has 0 aliphatic carbocycles. The molecule has 1 aromatic carbocycles. The van der Waals surface area contributed by atoms with Crippen LogP contribution in [0, 0.1) is 0 Å². The Balaban J connectivity index is 0.00000361. The van der Waals surface area contributed by atoms with Crippen LogP contribution in [0.25, 0.3) is 0 Å². The summed E-state index contributed by atoms with van der Waals surface area (Å²) in [5.41, 5.74) is 1.16. The molecule has 0 amide bonds. The number of hydrogen-bond acceptors (Lipinski definition) is 4. The molecule has 1 N–H and O–H groups in total. The van der Waals surface area contributed by atoms with Crippen molar-refractivity contribution in [2.75, 3.05) is 34.0 Å². The number of ether oxygens (including phenoxy) is 3. The second-order valence-corrected chi connectivity index (χ2v) is 4.92. The van der Waals surface area contributed by atoms with Crippen molar-refractivity contribution in [3.63, 3.8) is 0 Å². The van der Waals surface area contributed by atoms with Crippen LogP contribution in [0.4, 0.5) is 0 Å². The van der Waals surface area contributed by atoms with Crippen LogP contribution in [-0.4, -0.2) is 34.0 Å². The Labute approximate surface area is 135 Å². The molecule has 0 spiro atoms. The number of hydrogen-bond donors (Lipinski definition) is 1. The monoisotopic (exact) mass is 367 g/mol. The van der Waals surface area contributed by atoms with Crippen molar-refractivity contribution in [1.29, 1.82) is 0 Å². The molecular formula is C14H23BrClNO3. The van der Waals surface area contributed by atoms with Gasteiger partial charge in [-0.25, -0.2) is 0 Å². The Kier molecular flexibility index (Phi) is 10.9. The van der Waals surface area contributed by atoms with E-state index in [9.17, 15) is 0 Å². The zero-order valence-electron chi connectivity index (χ0n) is 12.2. The molecule has 0 unspecified atom stereocenters. The minimum Gasteiger partial charge on any atom is -0.493 e. The van der Waals surface area contributed by atoms with E-state index in [0.717, 1.165) is 47.7 Å². The predicted octanol–water partition coefficient (Wildman–Crippen LogP) is 3.40. The van der Waals surface area contributed by atoms with Gasteiger partial charge in [0.05, 0.1) is 18.2 Å². The lowest BCUT2D eigenvalue weighted by atomic mass is 10.2. The lowest BCUT2D eigenvalue weighted by Gasteiger charge is -2.13. The second-order valence-electron chi connectivity index (χ2n) is 4.07. The fourth-order valence-electron chi connectivity index (χ4n) is 1.73. The summed E-state index contributed by atoms with van der Waals surface area (Å²) >= 11 is 3.52. The van der Waals surface area contributed by atoms with Gasteiger partial charge in [0.1, 0.15) is 0 Å². The maximum Gasteiger partial charge on any atom is 0.175 e. The van der Waals surface area contributed by atoms with E-state index in [1.165, 1.54) is 0 Å². The van der Waals surface area contributed by atoms with Crippen LogP contribution in [0.5, 0.6) is 11.5 Å². The molecule has 0 heterocycles. The molecule has 0 aromatic heterocycles. The fourth-order valence-corrected chi connectivity index (χ4v) is 2.34. The van der Waals surface area contributed by atoms with Gasteiger partial charge in [0.2, 0.25) is 0 Å². The van der Waals surface area contributed by atoms with Crippen molar-refractivity contribution in [3.05, 3.63) is 22.2 Å². The van der Waals surface area contributed by atoms with Crippen LogP contribution in [0.15, 0.2) is 16.6 Å². The molecule has 0 saturated heterocycles. The van der Waals surface area contributed by atoms with Gasteiger partial charge in [-0.1, -0.05) is 0 Å². The number of rotatable bonds is 9. The lowest BCUT2D eigenvalue weighted by molar-refractivity contribution is 0.194. The first-order valence-corrected chi connectivity index (χ1v) is 7.21. The smallest absolute Gasteiger partial charge is 0.175 e. The average Bonchev–Trinajstić information content (AvgIpc) is 2.41. The van der Waals surface area contributed by atoms with Crippen molar-refractivity contribution in [2.45, 2.75) is 19.9 Å². The fraction of sp³-hybridized carbons (Fsp3) is 0.571. The maximum atomic E-state index is 5.56. The average molecular weight is 369 g/mol. The van der Waals surface area contributed by atoms with Gasteiger partial charge in [0.25, 0.3) is 0 Å². The SMILES string of the molecule is CCOc1c(Br)cc(CNCCCOC)cc1OC.Cl. The van der Waals surface area contributed by atoms with E-state index >= 15 is 0 Å². The summed E-state index contributed by atoms with van der Waals surface area (Å²) in [6, 6.07) is 4.05. The van der Waals surface area contributed by atoms with Crippen molar-refractivity contribution in [1.82, 2.24) is 5.32 Å². The van der Waals surface area contributed by atoms with E-state index in [1.54, 1.807) is 14.2 Å². The normalized spacial score (nSPS) is 10.0. The molecule has 116 valence electrons. The van der Waals surface area contributed by atoms with E-state index in [0.29, 0.717) is 6.61 Å². The molecule has 0 radical (unpaired) electrons. The highest BCUT2D eigenvalue weighted by Crippen LogP contribution is 2.36. The standard InChI is InChI=1S/C14H22BrNO3.ClH/c1-4-19-14-12(15)8-11(9-13(14)18-3)10-16-6-5-7-17-2;/h8-9,16H,4-7,10H2,1-3H3;1H. The van der Waals surface area contributed by atoms with Crippen LogP contribution in [0.1, 0.15) is 18.9 Å². The Morgan fingerprint density at radius 1 is 1.25 bits per heavy atom. The first-order valence-electron chi connectivity index (χ1n) is 6.41. The van der Waals surface area contributed by atoms with Crippen LogP contribution in [-0.2, 0) is 11.3 Å². The molecule has 0 bridgehead atoms. The Morgan fingerprint density at radius 2 is 2.00 bits per heavy atom. The quantitative estimate of drug-likeness (QED) is 0.678. The molecule has 0 aliphatic heterocycles. The molecule has 1 rings (SSSR count). The van der Waals surface area contributed by atoms with Crippen molar-refractivity contribution in [2.24, 2.45) is 0 Å². The number of methoxy groups -OCH3 is 2. The summed E-state index contributed by atoms with van der Waals surface area (Å²) in [4.78, 5) is 0. The maximum absolute atomic E-state index is 5.56. The summed E-state index contributed by atoms with van der Waals surface area (Å²) in [5, 5.41) is 3.37. The Bertz CT molecular complexity index is 391. The van der Waals surface area contributed by atoms with Crippen LogP contribution < -0.4 is 14.8 Å². The molecule has 1 aromatic rings. The van der Waals surface area contributed by atoms with Gasteiger partial charge in [0, 0.05) is 20.3 Å². The highest BCUT2D eigenvalue weighted by molar-refractivity contribution is 9.10. The van der Waals surface area contributed by atoms with Crippen LogP contribution in [0.2, 0.25) is 0 Å². The van der Waals surface area contributed by atoms with E-state index in [4.69, 9.17) is 14.2 Å². The van der Waals surface area contributed by atoms with E-state index in [-0.39, 0.29) is 12.4 Å². The number of halogens is 2. The zero-order valence-corrected chi connectivity index (χ0v) is 14.6. The van der Waals surface area contributed by atoms with Gasteiger partial charge < -0.3 is 19.5 Å². The zero-order chi connectivity index (χ0) is 14.1. The third-order valence-corrected chi connectivity index (χ3v) is 3.20. The summed E-state index contributed by atoms with van der Waals surface area (Å²) in [6.45, 7) is 5.08. The summed E-state index contributed by atoms with van der Waals surface area (Å²) in [7, 11) is 3.37. The van der Waals surface area contributed by atoms with Crippen molar-refractivity contribution in [3.8, 4) is 11.5 Å². The third-order valence-electron chi connectivity index (χ3n) is 2.61. The van der Waals surface area contributed by atoms with Crippen molar-refractivity contribution < 1.29 is 14.2 Å². The first-order chi connectivity index (χ1) is 9.22. The molecular weight excluding hydrogens is 346 g/mol. The summed E-state index contributed by atoms with van der Waals surface area (Å²) < 4.78 is 16.9. The summed E-state index contributed by atoms with van der Waals surface area (Å²) in [6.07, 6.45) is 1.01. The molecule has 0 atom stereocenters. The second kappa shape index (κ2) is 11.2. The van der Waals surface area contributed by atoms with Gasteiger partial charge in [-0.15, -0.1) is 12.4 Å².